The molecule has 1 aromatic carbocycles. The molecule has 0 radical (unpaired) electrons. The second kappa shape index (κ2) is 13.1. The molecule has 10 nitrogen and oxygen atoms in total. The zero-order valence-electron chi connectivity index (χ0n) is 20.5. The first-order valence-corrected chi connectivity index (χ1v) is 11.2. The van der Waals surface area contributed by atoms with Gasteiger partial charge in [0, 0.05) is 32.0 Å². The summed E-state index contributed by atoms with van der Waals surface area (Å²) in [6.07, 6.45) is -3.82. The van der Waals surface area contributed by atoms with E-state index < -0.39 is 41.6 Å². The minimum absolute atomic E-state index is 0.00285. The highest BCUT2D eigenvalue weighted by molar-refractivity contribution is 6.18. The lowest BCUT2D eigenvalue weighted by atomic mass is 10.1. The van der Waals surface area contributed by atoms with Crippen LogP contribution in [-0.2, 0) is 38.4 Å². The van der Waals surface area contributed by atoms with E-state index in [9.17, 15) is 19.2 Å². The Labute approximate surface area is 204 Å². The van der Waals surface area contributed by atoms with Crippen molar-refractivity contribution in [2.24, 2.45) is 0 Å². The monoisotopic (exact) mass is 501 g/mol. The summed E-state index contributed by atoms with van der Waals surface area (Å²) < 4.78 is 15.7. The number of rotatable bonds is 11. The molecule has 0 aliphatic rings. The number of anilines is 1. The van der Waals surface area contributed by atoms with Crippen LogP contribution in [0.3, 0.4) is 0 Å². The van der Waals surface area contributed by atoms with Gasteiger partial charge in [-0.15, -0.1) is 11.6 Å². The first-order chi connectivity index (χ1) is 15.7. The van der Waals surface area contributed by atoms with Gasteiger partial charge >= 0.3 is 17.9 Å². The van der Waals surface area contributed by atoms with Crippen molar-refractivity contribution in [3.05, 3.63) is 24.3 Å². The Bertz CT molecular complexity index is 849. The lowest BCUT2D eigenvalue weighted by Crippen LogP contribution is -2.52. The van der Waals surface area contributed by atoms with Gasteiger partial charge in [-0.25, -0.2) is 4.79 Å². The average molecular weight is 502 g/mol. The quantitative estimate of drug-likeness (QED) is 0.195. The van der Waals surface area contributed by atoms with Crippen LogP contribution in [0.15, 0.2) is 24.3 Å². The number of carbonyl (C=O) groups is 4. The number of alkyl halides is 1. The van der Waals surface area contributed by atoms with Gasteiger partial charge in [0.1, 0.15) is 11.4 Å². The van der Waals surface area contributed by atoms with Crippen LogP contribution in [0.4, 0.5) is 5.69 Å². The number of carbonyl (C=O) groups excluding carboxylic acids is 4. The van der Waals surface area contributed by atoms with Crippen LogP contribution >= 0.6 is 11.6 Å². The minimum Gasteiger partial charge on any atom is -0.491 e. The number of hydrogen-bond donors (Lipinski definition) is 0. The number of benzene rings is 1. The zero-order chi connectivity index (χ0) is 26.1. The predicted molar refractivity (Wildman–Crippen MR) is 123 cm³/mol. The fraction of sp³-hybridized carbons (Fsp3) is 0.565. The van der Waals surface area contributed by atoms with Crippen LogP contribution in [0.25, 0.3) is 0 Å². The summed E-state index contributed by atoms with van der Waals surface area (Å²) >= 11 is 5.90. The maximum atomic E-state index is 13.5. The lowest BCUT2D eigenvalue weighted by Gasteiger charge is -2.30. The molecule has 1 amide bonds. The first-order valence-electron chi connectivity index (χ1n) is 10.6. The lowest BCUT2D eigenvalue weighted by molar-refractivity contribution is -0.326. The van der Waals surface area contributed by atoms with E-state index in [0.717, 1.165) is 13.8 Å². The van der Waals surface area contributed by atoms with E-state index in [2.05, 4.69) is 0 Å². The van der Waals surface area contributed by atoms with Gasteiger partial charge in [-0.2, -0.15) is 4.89 Å². The Balaban J connectivity index is 3.34. The molecule has 11 heteroatoms. The Kier molecular flexibility index (Phi) is 11.3. The van der Waals surface area contributed by atoms with Crippen LogP contribution in [0, 0.1) is 0 Å². The molecule has 0 N–H and O–H groups in total. The molecule has 190 valence electrons. The second-order valence-corrected chi connectivity index (χ2v) is 8.88. The summed E-state index contributed by atoms with van der Waals surface area (Å²) in [6.45, 7) is 10.7. The Morgan fingerprint density at radius 2 is 1.47 bits per heavy atom. The van der Waals surface area contributed by atoms with E-state index in [1.165, 1.54) is 4.90 Å². The molecule has 0 fully saturated rings. The minimum atomic E-state index is -1.92. The van der Waals surface area contributed by atoms with Gasteiger partial charge < -0.3 is 19.1 Å². The van der Waals surface area contributed by atoms with Gasteiger partial charge in [-0.05, 0) is 58.9 Å². The van der Waals surface area contributed by atoms with Crippen LogP contribution in [0.5, 0.6) is 5.75 Å². The van der Waals surface area contributed by atoms with Crippen LogP contribution in [0.1, 0.15) is 48.5 Å². The summed E-state index contributed by atoms with van der Waals surface area (Å²) in [5.74, 6) is -3.26. The highest BCUT2D eigenvalue weighted by Gasteiger charge is 2.44. The third-order valence-corrected chi connectivity index (χ3v) is 3.97. The third-order valence-electron chi connectivity index (χ3n) is 3.80. The van der Waals surface area contributed by atoms with E-state index in [1.54, 1.807) is 45.0 Å². The zero-order valence-corrected chi connectivity index (χ0v) is 21.2. The number of nitrogens with zero attached hydrogens (tertiary/aromatic N) is 1. The molecule has 0 saturated carbocycles. The highest BCUT2D eigenvalue weighted by Crippen LogP contribution is 2.23. The first kappa shape index (κ1) is 29.2. The third kappa shape index (κ3) is 9.96. The molecule has 0 aromatic heterocycles. The normalized spacial score (nSPS) is 13.0. The van der Waals surface area contributed by atoms with Crippen LogP contribution in [0.2, 0.25) is 0 Å². The molecule has 0 aliphatic heterocycles. The molecule has 34 heavy (non-hydrogen) atoms. The summed E-state index contributed by atoms with van der Waals surface area (Å²) in [5.41, 5.74) is -0.498. The second-order valence-electron chi connectivity index (χ2n) is 8.50. The number of hydrogen-bond acceptors (Lipinski definition) is 9. The fourth-order valence-corrected chi connectivity index (χ4v) is 2.80. The van der Waals surface area contributed by atoms with Crippen LogP contribution in [-0.4, -0.2) is 60.2 Å². The standard InChI is InChI=1S/C23H32ClNO9/c1-14(2)30-18-10-8-17(9-11-18)25(13-12-24)21(28)19(31-15(3)26)20(32-16(4)27)22(29)33-34-23(5,6)7/h8-11,14,19-20H,12-13H2,1-7H3/t19-,20-/m1/s1. The summed E-state index contributed by atoms with van der Waals surface area (Å²) in [5, 5.41) is 0. The maximum Gasteiger partial charge on any atom is 0.387 e. The van der Waals surface area contributed by atoms with Crippen molar-refractivity contribution in [3.8, 4) is 5.75 Å². The Morgan fingerprint density at radius 1 is 0.941 bits per heavy atom. The van der Waals surface area contributed by atoms with Gasteiger partial charge in [0.05, 0.1) is 6.10 Å². The van der Waals surface area contributed by atoms with Gasteiger partial charge in [-0.3, -0.25) is 19.3 Å². The van der Waals surface area contributed by atoms with Crippen molar-refractivity contribution < 1.29 is 43.2 Å². The molecule has 0 bridgehead atoms. The largest absolute Gasteiger partial charge is 0.491 e. The molecule has 0 saturated heterocycles. The SMILES string of the molecule is CC(=O)O[C@@H](C(=O)OOC(C)(C)C)[C@@H](OC(C)=O)C(=O)N(CCCl)c1ccc(OC(C)C)cc1. The van der Waals surface area contributed by atoms with Crippen LogP contribution < -0.4 is 9.64 Å². The number of esters is 2. The van der Waals surface area contributed by atoms with E-state index >= 15 is 0 Å². The predicted octanol–water partition coefficient (Wildman–Crippen LogP) is 3.18. The number of amides is 1. The Hall–Kier alpha value is -2.85. The van der Waals surface area contributed by atoms with Crippen molar-refractivity contribution in [1.82, 2.24) is 0 Å². The van der Waals surface area contributed by atoms with Gasteiger partial charge in [0.15, 0.2) is 0 Å². The number of halogens is 1. The average Bonchev–Trinajstić information content (AvgIpc) is 2.71. The molecular formula is C23H32ClNO9. The molecule has 0 heterocycles. The van der Waals surface area contributed by atoms with Crippen molar-refractivity contribution in [2.75, 3.05) is 17.3 Å². The van der Waals surface area contributed by atoms with E-state index in [0.29, 0.717) is 11.4 Å². The topological polar surface area (TPSA) is 118 Å². The smallest absolute Gasteiger partial charge is 0.387 e. The molecular weight excluding hydrogens is 470 g/mol. The van der Waals surface area contributed by atoms with E-state index in [1.807, 2.05) is 13.8 Å². The fourth-order valence-electron chi connectivity index (χ4n) is 2.63. The summed E-state index contributed by atoms with van der Waals surface area (Å²) in [7, 11) is 0. The molecule has 0 spiro atoms. The van der Waals surface area contributed by atoms with E-state index in [4.69, 9.17) is 35.6 Å². The van der Waals surface area contributed by atoms with Gasteiger partial charge in [0.25, 0.3) is 5.91 Å². The summed E-state index contributed by atoms with van der Waals surface area (Å²) in [6, 6.07) is 6.52. The summed E-state index contributed by atoms with van der Waals surface area (Å²) in [4.78, 5) is 60.6. The van der Waals surface area contributed by atoms with Gasteiger partial charge in [-0.1, -0.05) is 0 Å². The maximum absolute atomic E-state index is 13.5. The van der Waals surface area contributed by atoms with Crippen molar-refractivity contribution >= 4 is 41.1 Å². The Morgan fingerprint density at radius 3 is 1.91 bits per heavy atom. The molecule has 1 aromatic rings. The van der Waals surface area contributed by atoms with Crippen molar-refractivity contribution in [3.63, 3.8) is 0 Å². The highest BCUT2D eigenvalue weighted by atomic mass is 35.5. The molecule has 2 atom stereocenters. The molecule has 0 aliphatic carbocycles. The molecule has 0 unspecified atom stereocenters. The van der Waals surface area contributed by atoms with Crippen molar-refractivity contribution in [1.29, 1.82) is 0 Å². The molecule has 1 rings (SSSR count). The van der Waals surface area contributed by atoms with Gasteiger partial charge in [0.2, 0.25) is 12.2 Å². The number of ether oxygens (including phenoxy) is 3. The van der Waals surface area contributed by atoms with E-state index in [-0.39, 0.29) is 18.5 Å². The van der Waals surface area contributed by atoms with Crippen molar-refractivity contribution in [2.45, 2.75) is 72.4 Å².